The van der Waals surface area contributed by atoms with E-state index < -0.39 is 34.3 Å². The molecular weight excluding hydrogens is 637 g/mol. The van der Waals surface area contributed by atoms with Crippen LogP contribution in [-0.4, -0.2) is 43.8 Å². The highest BCUT2D eigenvalue weighted by Gasteiger charge is 2.36. The number of halogens is 2. The Labute approximate surface area is 281 Å². The van der Waals surface area contributed by atoms with Gasteiger partial charge in [-0.15, -0.1) is 0 Å². The minimum atomic E-state index is -4.26. The number of anilines is 1. The zero-order valence-corrected chi connectivity index (χ0v) is 28.1. The van der Waals surface area contributed by atoms with Gasteiger partial charge in [-0.3, -0.25) is 13.9 Å². The summed E-state index contributed by atoms with van der Waals surface area (Å²) in [5.41, 5.74) is 3.17. The van der Waals surface area contributed by atoms with Gasteiger partial charge in [0, 0.05) is 24.0 Å². The molecule has 1 saturated carbocycles. The maximum absolute atomic E-state index is 14.6. The van der Waals surface area contributed by atoms with Gasteiger partial charge in [-0.1, -0.05) is 90.7 Å². The smallest absolute Gasteiger partial charge is 0.264 e. The van der Waals surface area contributed by atoms with Crippen molar-refractivity contribution in [3.63, 3.8) is 0 Å². The van der Waals surface area contributed by atoms with E-state index >= 15 is 0 Å². The standard InChI is InChI=1S/C37H39ClFN3O4S/c1-26-12-20-33(21-13-26)47(45,46)42(34-23-30(38)17-14-27(34)2)25-36(43)41(24-29-15-18-31(39)19-16-29)35(22-28-8-4-3-5-9-28)37(44)40-32-10-6-7-11-32/h3-5,8-9,12-21,23,32,35H,6-7,10-11,22,24-25H2,1-2H3,(H,40,44)/t35-/m0/s1. The summed E-state index contributed by atoms with van der Waals surface area (Å²) in [7, 11) is -4.26. The summed E-state index contributed by atoms with van der Waals surface area (Å²) >= 11 is 6.36. The summed E-state index contributed by atoms with van der Waals surface area (Å²) in [4.78, 5) is 30.1. The molecule has 5 rings (SSSR count). The largest absolute Gasteiger partial charge is 0.352 e. The number of nitrogens with one attached hydrogen (secondary N) is 1. The van der Waals surface area contributed by atoms with Gasteiger partial charge in [0.2, 0.25) is 11.8 Å². The molecule has 0 saturated heterocycles. The van der Waals surface area contributed by atoms with Crippen molar-refractivity contribution in [1.82, 2.24) is 10.2 Å². The van der Waals surface area contributed by atoms with Crippen LogP contribution in [0.4, 0.5) is 10.1 Å². The Kier molecular flexibility index (Phi) is 11.0. The Morgan fingerprint density at radius 2 is 1.55 bits per heavy atom. The average molecular weight is 676 g/mol. The zero-order valence-electron chi connectivity index (χ0n) is 26.5. The number of amides is 2. The molecule has 0 radical (unpaired) electrons. The second-order valence-corrected chi connectivity index (χ2v) is 14.4. The molecule has 0 spiro atoms. The van der Waals surface area contributed by atoms with Crippen LogP contribution < -0.4 is 9.62 Å². The first-order valence-electron chi connectivity index (χ1n) is 15.7. The van der Waals surface area contributed by atoms with Crippen LogP contribution >= 0.6 is 11.6 Å². The zero-order chi connectivity index (χ0) is 33.6. The van der Waals surface area contributed by atoms with Crippen LogP contribution in [0.3, 0.4) is 0 Å². The van der Waals surface area contributed by atoms with Gasteiger partial charge in [-0.25, -0.2) is 12.8 Å². The van der Waals surface area contributed by atoms with E-state index in [9.17, 15) is 22.4 Å². The minimum Gasteiger partial charge on any atom is -0.352 e. The molecule has 0 unspecified atom stereocenters. The van der Waals surface area contributed by atoms with Gasteiger partial charge in [0.05, 0.1) is 10.6 Å². The number of benzene rings is 4. The Bertz CT molecular complexity index is 1800. The summed E-state index contributed by atoms with van der Waals surface area (Å²) in [5.74, 6) is -1.34. The van der Waals surface area contributed by atoms with Gasteiger partial charge < -0.3 is 10.2 Å². The van der Waals surface area contributed by atoms with Crippen molar-refractivity contribution in [2.75, 3.05) is 10.8 Å². The van der Waals surface area contributed by atoms with Gasteiger partial charge in [0.1, 0.15) is 18.4 Å². The molecule has 4 aromatic rings. The molecule has 1 aliphatic rings. The molecule has 0 bridgehead atoms. The van der Waals surface area contributed by atoms with Crippen molar-refractivity contribution < 1.29 is 22.4 Å². The fourth-order valence-electron chi connectivity index (χ4n) is 5.91. The van der Waals surface area contributed by atoms with E-state index in [1.165, 1.54) is 35.2 Å². The molecule has 7 nitrogen and oxygen atoms in total. The van der Waals surface area contributed by atoms with Gasteiger partial charge in [-0.05, 0) is 79.8 Å². The van der Waals surface area contributed by atoms with E-state index in [0.29, 0.717) is 16.1 Å². The predicted octanol–water partition coefficient (Wildman–Crippen LogP) is 6.99. The third kappa shape index (κ3) is 8.58. The molecular formula is C37H39ClFN3O4S. The summed E-state index contributed by atoms with van der Waals surface area (Å²) in [6, 6.07) is 25.4. The number of hydrogen-bond acceptors (Lipinski definition) is 4. The fourth-order valence-corrected chi connectivity index (χ4v) is 7.55. The Morgan fingerprint density at radius 3 is 2.21 bits per heavy atom. The van der Waals surface area contributed by atoms with E-state index in [-0.39, 0.29) is 35.5 Å². The summed E-state index contributed by atoms with van der Waals surface area (Å²) in [5, 5.41) is 3.46. The third-order valence-corrected chi connectivity index (χ3v) is 10.6. The molecule has 10 heteroatoms. The number of carbonyl (C=O) groups excluding carboxylic acids is 2. The number of sulfonamides is 1. The summed E-state index contributed by atoms with van der Waals surface area (Å²) in [6.07, 6.45) is 3.93. The molecule has 0 aliphatic heterocycles. The first-order valence-corrected chi connectivity index (χ1v) is 17.6. The lowest BCUT2D eigenvalue weighted by Gasteiger charge is -2.34. The van der Waals surface area contributed by atoms with Gasteiger partial charge >= 0.3 is 0 Å². The average Bonchev–Trinajstić information content (AvgIpc) is 3.57. The highest BCUT2D eigenvalue weighted by Crippen LogP contribution is 2.30. The normalized spacial score (nSPS) is 14.0. The number of nitrogens with zero attached hydrogens (tertiary/aromatic N) is 2. The molecule has 47 heavy (non-hydrogen) atoms. The number of rotatable bonds is 12. The lowest BCUT2D eigenvalue weighted by Crippen LogP contribution is -2.54. The molecule has 4 aromatic carbocycles. The summed E-state index contributed by atoms with van der Waals surface area (Å²) in [6.45, 7) is 2.97. The molecule has 1 atom stereocenters. The first-order chi connectivity index (χ1) is 22.5. The van der Waals surface area contributed by atoms with E-state index in [4.69, 9.17) is 11.6 Å². The highest BCUT2D eigenvalue weighted by molar-refractivity contribution is 7.92. The van der Waals surface area contributed by atoms with Crippen LogP contribution in [0.1, 0.15) is 47.9 Å². The monoisotopic (exact) mass is 675 g/mol. The molecule has 0 heterocycles. The van der Waals surface area contributed by atoms with Crippen molar-refractivity contribution in [3.05, 3.63) is 130 Å². The van der Waals surface area contributed by atoms with E-state index in [0.717, 1.165) is 41.1 Å². The van der Waals surface area contributed by atoms with Crippen LogP contribution in [0.2, 0.25) is 5.02 Å². The quantitative estimate of drug-likeness (QED) is 0.175. The van der Waals surface area contributed by atoms with Gasteiger partial charge in [0.15, 0.2) is 0 Å². The van der Waals surface area contributed by atoms with Crippen LogP contribution in [0, 0.1) is 19.7 Å². The SMILES string of the molecule is Cc1ccc(S(=O)(=O)N(CC(=O)N(Cc2ccc(F)cc2)[C@@H](Cc2ccccc2)C(=O)NC2CCCC2)c2cc(Cl)ccc2C)cc1. The number of carbonyl (C=O) groups is 2. The molecule has 2 amide bonds. The number of hydrogen-bond donors (Lipinski definition) is 1. The van der Waals surface area contributed by atoms with Crippen molar-refractivity contribution in [2.45, 2.75) is 69.5 Å². The van der Waals surface area contributed by atoms with Crippen LogP contribution in [0.5, 0.6) is 0 Å². The van der Waals surface area contributed by atoms with E-state index in [1.54, 1.807) is 43.3 Å². The van der Waals surface area contributed by atoms with Crippen molar-refractivity contribution >= 4 is 39.1 Å². The third-order valence-electron chi connectivity index (χ3n) is 8.57. The van der Waals surface area contributed by atoms with Crippen molar-refractivity contribution in [1.29, 1.82) is 0 Å². The topological polar surface area (TPSA) is 86.8 Å². The lowest BCUT2D eigenvalue weighted by molar-refractivity contribution is -0.140. The predicted molar refractivity (Wildman–Crippen MR) is 183 cm³/mol. The Hall–Kier alpha value is -4.21. The molecule has 1 fully saturated rings. The van der Waals surface area contributed by atoms with Gasteiger partial charge in [-0.2, -0.15) is 0 Å². The van der Waals surface area contributed by atoms with Crippen LogP contribution in [0.15, 0.2) is 102 Å². The molecule has 0 aromatic heterocycles. The molecule has 1 N–H and O–H groups in total. The fraction of sp³-hybridized carbons (Fsp3) is 0.297. The Morgan fingerprint density at radius 1 is 0.894 bits per heavy atom. The highest BCUT2D eigenvalue weighted by atomic mass is 35.5. The van der Waals surface area contributed by atoms with E-state index in [2.05, 4.69) is 5.32 Å². The lowest BCUT2D eigenvalue weighted by atomic mass is 10.0. The number of aryl methyl sites for hydroxylation is 2. The minimum absolute atomic E-state index is 0.00364. The Balaban J connectivity index is 1.58. The molecule has 246 valence electrons. The maximum Gasteiger partial charge on any atom is 0.264 e. The van der Waals surface area contributed by atoms with Gasteiger partial charge in [0.25, 0.3) is 10.0 Å². The second kappa shape index (κ2) is 15.1. The second-order valence-electron chi connectivity index (χ2n) is 12.1. The van der Waals surface area contributed by atoms with Crippen LogP contribution in [-0.2, 0) is 32.6 Å². The summed E-state index contributed by atoms with van der Waals surface area (Å²) < 4.78 is 43.5. The van der Waals surface area contributed by atoms with Crippen molar-refractivity contribution in [2.24, 2.45) is 0 Å². The maximum atomic E-state index is 14.6. The van der Waals surface area contributed by atoms with Crippen molar-refractivity contribution in [3.8, 4) is 0 Å². The molecule has 1 aliphatic carbocycles. The van der Waals surface area contributed by atoms with Crippen LogP contribution in [0.25, 0.3) is 0 Å². The first kappa shape index (κ1) is 34.1. The van der Waals surface area contributed by atoms with E-state index in [1.807, 2.05) is 37.3 Å².